The van der Waals surface area contributed by atoms with Gasteiger partial charge in [-0.15, -0.1) is 6.58 Å². The van der Waals surface area contributed by atoms with E-state index in [0.717, 1.165) is 61.7 Å². The standard InChI is InChI=1S/C29H34ClNO4/c1-3-5-26(32)23-10-7-21(23)16-31-17-29(13-4-6-19-14-22(30)9-11-24(19)29)18-35-27-12-8-20(15-25(27)31)28(33)34-2/h3,8-9,11-12,14-15,21,23,26,32H,1,4-7,10,13,16-18H2,2H3/t21-,23+,26?,29-/m0/s1. The Morgan fingerprint density at radius 1 is 1.34 bits per heavy atom. The predicted octanol–water partition coefficient (Wildman–Crippen LogP) is 5.56. The third-order valence-corrected chi connectivity index (χ3v) is 8.53. The lowest BCUT2D eigenvalue weighted by Gasteiger charge is -2.45. The minimum absolute atomic E-state index is 0.165. The molecule has 1 unspecified atom stereocenters. The zero-order chi connectivity index (χ0) is 24.6. The average Bonchev–Trinajstić information content (AvgIpc) is 2.98. The number of carbonyl (C=O) groups excluding carboxylic acids is 1. The zero-order valence-corrected chi connectivity index (χ0v) is 21.1. The second kappa shape index (κ2) is 9.87. The molecule has 1 aliphatic heterocycles. The maximum atomic E-state index is 12.3. The van der Waals surface area contributed by atoms with Crippen LogP contribution in [0.15, 0.2) is 49.1 Å². The molecule has 3 aliphatic rings. The molecule has 5 nitrogen and oxygen atoms in total. The summed E-state index contributed by atoms with van der Waals surface area (Å²) in [6, 6.07) is 11.8. The molecule has 6 heteroatoms. The molecule has 1 spiro atoms. The Morgan fingerprint density at radius 3 is 2.94 bits per heavy atom. The van der Waals surface area contributed by atoms with Gasteiger partial charge in [-0.3, -0.25) is 0 Å². The molecule has 0 aromatic heterocycles. The summed E-state index contributed by atoms with van der Waals surface area (Å²) in [5.74, 6) is 1.08. The van der Waals surface area contributed by atoms with E-state index in [-0.39, 0.29) is 23.4 Å². The van der Waals surface area contributed by atoms with E-state index in [2.05, 4.69) is 23.6 Å². The first kappa shape index (κ1) is 24.2. The number of aliphatic hydroxyl groups is 1. The monoisotopic (exact) mass is 495 g/mol. The average molecular weight is 496 g/mol. The van der Waals surface area contributed by atoms with Gasteiger partial charge in [0.2, 0.25) is 0 Å². The van der Waals surface area contributed by atoms with Gasteiger partial charge in [-0.1, -0.05) is 23.7 Å². The van der Waals surface area contributed by atoms with Gasteiger partial charge < -0.3 is 19.5 Å². The van der Waals surface area contributed by atoms with Crippen LogP contribution >= 0.6 is 11.6 Å². The number of halogens is 1. The van der Waals surface area contributed by atoms with Crippen LogP contribution in [0.4, 0.5) is 5.69 Å². The van der Waals surface area contributed by atoms with Gasteiger partial charge in [0, 0.05) is 23.5 Å². The molecule has 1 saturated carbocycles. The second-order valence-corrected chi connectivity index (χ2v) is 10.8. The molecule has 1 heterocycles. The molecule has 0 saturated heterocycles. The van der Waals surface area contributed by atoms with Crippen LogP contribution in [0.5, 0.6) is 5.75 Å². The fraction of sp³-hybridized carbons (Fsp3) is 0.483. The lowest BCUT2D eigenvalue weighted by molar-refractivity contribution is 0.0178. The van der Waals surface area contributed by atoms with Gasteiger partial charge in [0.25, 0.3) is 0 Å². The first-order chi connectivity index (χ1) is 16.9. The summed E-state index contributed by atoms with van der Waals surface area (Å²) in [6.07, 6.45) is 7.31. The highest BCUT2D eigenvalue weighted by Gasteiger charge is 2.44. The largest absolute Gasteiger partial charge is 0.490 e. The van der Waals surface area contributed by atoms with E-state index < -0.39 is 0 Å². The molecular formula is C29H34ClNO4. The number of hydrogen-bond donors (Lipinski definition) is 1. The number of rotatable bonds is 6. The van der Waals surface area contributed by atoms with Gasteiger partial charge in [-0.25, -0.2) is 4.79 Å². The molecule has 5 rings (SSSR count). The summed E-state index contributed by atoms with van der Waals surface area (Å²) in [6.45, 7) is 5.98. The van der Waals surface area contributed by atoms with E-state index in [1.807, 2.05) is 18.2 Å². The van der Waals surface area contributed by atoms with E-state index in [4.69, 9.17) is 21.1 Å². The quantitative estimate of drug-likeness (QED) is 0.420. The third-order valence-electron chi connectivity index (χ3n) is 8.29. The van der Waals surface area contributed by atoms with E-state index in [1.54, 1.807) is 12.1 Å². The zero-order valence-electron chi connectivity index (χ0n) is 20.3. The van der Waals surface area contributed by atoms with Crippen LogP contribution in [-0.2, 0) is 16.6 Å². The molecule has 2 aromatic rings. The highest BCUT2D eigenvalue weighted by Crippen LogP contribution is 2.46. The second-order valence-electron chi connectivity index (χ2n) is 10.4. The minimum Gasteiger partial charge on any atom is -0.490 e. The van der Waals surface area contributed by atoms with Gasteiger partial charge in [-0.05, 0) is 91.8 Å². The van der Waals surface area contributed by atoms with Crippen molar-refractivity contribution in [2.75, 3.05) is 31.7 Å². The summed E-state index contributed by atoms with van der Waals surface area (Å²) in [5, 5.41) is 11.4. The summed E-state index contributed by atoms with van der Waals surface area (Å²) in [7, 11) is 1.40. The van der Waals surface area contributed by atoms with Crippen LogP contribution in [0.1, 0.15) is 53.6 Å². The van der Waals surface area contributed by atoms with Crippen LogP contribution in [0.25, 0.3) is 0 Å². The predicted molar refractivity (Wildman–Crippen MR) is 139 cm³/mol. The fourth-order valence-corrected chi connectivity index (χ4v) is 6.51. The first-order valence-electron chi connectivity index (χ1n) is 12.6. The van der Waals surface area contributed by atoms with Crippen molar-refractivity contribution in [1.29, 1.82) is 0 Å². The van der Waals surface area contributed by atoms with Gasteiger partial charge in [0.1, 0.15) is 5.75 Å². The number of hydrogen-bond acceptors (Lipinski definition) is 5. The van der Waals surface area contributed by atoms with Crippen molar-refractivity contribution in [3.63, 3.8) is 0 Å². The topological polar surface area (TPSA) is 59.0 Å². The highest BCUT2D eigenvalue weighted by atomic mass is 35.5. The lowest BCUT2D eigenvalue weighted by atomic mass is 9.68. The van der Waals surface area contributed by atoms with Crippen LogP contribution in [0, 0.1) is 11.8 Å². The molecule has 1 fully saturated rings. The Labute approximate surface area is 212 Å². The molecule has 2 aliphatic carbocycles. The Hall–Kier alpha value is -2.50. The Balaban J connectivity index is 1.53. The summed E-state index contributed by atoms with van der Waals surface area (Å²) >= 11 is 6.35. The molecule has 1 N–H and O–H groups in total. The van der Waals surface area contributed by atoms with Gasteiger partial charge in [0.15, 0.2) is 0 Å². The maximum absolute atomic E-state index is 12.3. The number of benzene rings is 2. The number of aliphatic hydroxyl groups excluding tert-OH is 1. The number of methoxy groups -OCH3 is 1. The van der Waals surface area contributed by atoms with Crippen molar-refractivity contribution < 1.29 is 19.4 Å². The molecule has 0 bridgehead atoms. The van der Waals surface area contributed by atoms with Crippen molar-refractivity contribution >= 4 is 23.3 Å². The Kier molecular flexibility index (Phi) is 6.82. The Morgan fingerprint density at radius 2 is 2.20 bits per heavy atom. The van der Waals surface area contributed by atoms with Gasteiger partial charge in [-0.2, -0.15) is 0 Å². The summed E-state index contributed by atoms with van der Waals surface area (Å²) in [4.78, 5) is 14.7. The van der Waals surface area contributed by atoms with Crippen molar-refractivity contribution in [3.05, 3.63) is 70.8 Å². The van der Waals surface area contributed by atoms with Crippen LogP contribution in [0.3, 0.4) is 0 Å². The Bertz CT molecular complexity index is 1120. The van der Waals surface area contributed by atoms with Crippen LogP contribution in [0.2, 0.25) is 5.02 Å². The molecule has 186 valence electrons. The first-order valence-corrected chi connectivity index (χ1v) is 13.0. The lowest BCUT2D eigenvalue weighted by Crippen LogP contribution is -2.49. The fourth-order valence-electron chi connectivity index (χ4n) is 6.32. The maximum Gasteiger partial charge on any atom is 0.337 e. The van der Waals surface area contributed by atoms with Crippen molar-refractivity contribution in [3.8, 4) is 5.75 Å². The van der Waals surface area contributed by atoms with Gasteiger partial charge in [0.05, 0.1) is 31.1 Å². The molecule has 2 aromatic carbocycles. The molecule has 35 heavy (non-hydrogen) atoms. The molecule has 0 amide bonds. The molecular weight excluding hydrogens is 462 g/mol. The number of anilines is 1. The third kappa shape index (κ3) is 4.56. The van der Waals surface area contributed by atoms with Crippen molar-refractivity contribution in [2.45, 2.75) is 50.0 Å². The van der Waals surface area contributed by atoms with E-state index in [9.17, 15) is 9.90 Å². The molecule has 0 radical (unpaired) electrons. The number of aryl methyl sites for hydroxylation is 1. The number of nitrogens with zero attached hydrogens (tertiary/aromatic N) is 1. The summed E-state index contributed by atoms with van der Waals surface area (Å²) < 4.78 is 11.5. The van der Waals surface area contributed by atoms with Crippen molar-refractivity contribution in [2.24, 2.45) is 11.8 Å². The number of carbonyl (C=O) groups is 1. The minimum atomic E-state index is -0.359. The van der Waals surface area contributed by atoms with Crippen LogP contribution < -0.4 is 9.64 Å². The van der Waals surface area contributed by atoms with Gasteiger partial charge >= 0.3 is 5.97 Å². The van der Waals surface area contributed by atoms with Crippen molar-refractivity contribution in [1.82, 2.24) is 0 Å². The molecule has 4 atom stereocenters. The number of fused-ring (bicyclic) bond motifs is 3. The highest BCUT2D eigenvalue weighted by molar-refractivity contribution is 6.30. The normalized spacial score (nSPS) is 26.0. The van der Waals surface area contributed by atoms with E-state index >= 15 is 0 Å². The smallest absolute Gasteiger partial charge is 0.337 e. The SMILES string of the molecule is C=CCC(O)[C@@H]1CC[C@H]1CN1C[C@@]2(CCCc3cc(Cl)ccc32)COc2ccc(C(=O)OC)cc21. The van der Waals surface area contributed by atoms with E-state index in [0.29, 0.717) is 24.5 Å². The number of ether oxygens (including phenoxy) is 2. The number of esters is 1. The van der Waals surface area contributed by atoms with E-state index in [1.165, 1.54) is 18.2 Å². The van der Waals surface area contributed by atoms with Crippen LogP contribution in [-0.4, -0.2) is 44.0 Å². The summed E-state index contributed by atoms with van der Waals surface area (Å²) in [5.41, 5.74) is 3.90.